The molecule has 106 valence electrons. The second kappa shape index (κ2) is 8.45. The van der Waals surface area contributed by atoms with E-state index in [1.165, 1.54) is 0 Å². The standard InChI is InChI=1S/C13H27N3O2/c1-11-10-12(4-5-14-11)13(17)15-6-7-16(2)8-9-18-3/h11-12,14H,4-10H2,1-3H3,(H,15,17)/t11-,12-/m0/s1. The van der Waals surface area contributed by atoms with E-state index in [9.17, 15) is 4.79 Å². The van der Waals surface area contributed by atoms with E-state index in [1.54, 1.807) is 7.11 Å². The summed E-state index contributed by atoms with van der Waals surface area (Å²) in [6.07, 6.45) is 1.90. The van der Waals surface area contributed by atoms with Gasteiger partial charge in [-0.3, -0.25) is 4.79 Å². The molecular weight excluding hydrogens is 230 g/mol. The van der Waals surface area contributed by atoms with Crippen molar-refractivity contribution in [2.45, 2.75) is 25.8 Å². The summed E-state index contributed by atoms with van der Waals surface area (Å²) in [4.78, 5) is 14.1. The van der Waals surface area contributed by atoms with Crippen LogP contribution in [0.15, 0.2) is 0 Å². The minimum Gasteiger partial charge on any atom is -0.383 e. The number of hydrogen-bond acceptors (Lipinski definition) is 4. The van der Waals surface area contributed by atoms with Crippen molar-refractivity contribution in [2.24, 2.45) is 5.92 Å². The molecule has 5 nitrogen and oxygen atoms in total. The molecule has 5 heteroatoms. The van der Waals surface area contributed by atoms with Gasteiger partial charge >= 0.3 is 0 Å². The molecule has 0 aliphatic carbocycles. The van der Waals surface area contributed by atoms with Gasteiger partial charge in [0.25, 0.3) is 0 Å². The lowest BCUT2D eigenvalue weighted by atomic mass is 9.92. The molecule has 1 aliphatic rings. The first-order chi connectivity index (χ1) is 8.63. The zero-order valence-corrected chi connectivity index (χ0v) is 11.9. The van der Waals surface area contributed by atoms with Crippen molar-refractivity contribution in [3.8, 4) is 0 Å². The Bertz CT molecular complexity index is 248. The first kappa shape index (κ1) is 15.4. The lowest BCUT2D eigenvalue weighted by Gasteiger charge is -2.27. The van der Waals surface area contributed by atoms with Crippen LogP contribution in [0.5, 0.6) is 0 Å². The predicted molar refractivity (Wildman–Crippen MR) is 72.6 cm³/mol. The Kier molecular flexibility index (Phi) is 7.23. The third kappa shape index (κ3) is 5.80. The number of likely N-dealkylation sites (N-methyl/N-ethyl adjacent to an activating group) is 1. The largest absolute Gasteiger partial charge is 0.383 e. The van der Waals surface area contributed by atoms with E-state index < -0.39 is 0 Å². The molecule has 1 rings (SSSR count). The summed E-state index contributed by atoms with van der Waals surface area (Å²) in [6, 6.07) is 0.457. The van der Waals surface area contributed by atoms with Gasteiger partial charge in [-0.05, 0) is 33.4 Å². The van der Waals surface area contributed by atoms with Crippen LogP contribution in [0.1, 0.15) is 19.8 Å². The molecule has 0 aromatic heterocycles. The molecule has 0 spiro atoms. The molecular formula is C13H27N3O2. The molecule has 0 saturated carbocycles. The van der Waals surface area contributed by atoms with Crippen molar-refractivity contribution in [3.05, 3.63) is 0 Å². The second-order valence-electron chi connectivity index (χ2n) is 5.16. The Morgan fingerprint density at radius 2 is 2.28 bits per heavy atom. The van der Waals surface area contributed by atoms with Crippen molar-refractivity contribution in [3.63, 3.8) is 0 Å². The van der Waals surface area contributed by atoms with Gasteiger partial charge in [-0.1, -0.05) is 0 Å². The Morgan fingerprint density at radius 3 is 2.94 bits per heavy atom. The van der Waals surface area contributed by atoms with Crippen molar-refractivity contribution < 1.29 is 9.53 Å². The Labute approximate surface area is 110 Å². The van der Waals surface area contributed by atoms with Crippen molar-refractivity contribution in [2.75, 3.05) is 46.9 Å². The van der Waals surface area contributed by atoms with Gasteiger partial charge < -0.3 is 20.3 Å². The highest BCUT2D eigenvalue weighted by molar-refractivity contribution is 5.78. The van der Waals surface area contributed by atoms with Gasteiger partial charge in [-0.25, -0.2) is 0 Å². The third-order valence-corrected chi connectivity index (χ3v) is 3.46. The summed E-state index contributed by atoms with van der Waals surface area (Å²) in [5.74, 6) is 0.397. The molecule has 0 aromatic rings. The van der Waals surface area contributed by atoms with E-state index in [1.807, 2.05) is 7.05 Å². The smallest absolute Gasteiger partial charge is 0.223 e. The molecule has 18 heavy (non-hydrogen) atoms. The van der Waals surface area contributed by atoms with Crippen LogP contribution < -0.4 is 10.6 Å². The number of rotatable bonds is 7. The Hall–Kier alpha value is -0.650. The number of ether oxygens (including phenoxy) is 1. The molecule has 0 radical (unpaired) electrons. The average molecular weight is 257 g/mol. The van der Waals surface area contributed by atoms with E-state index in [-0.39, 0.29) is 11.8 Å². The van der Waals surface area contributed by atoms with Crippen LogP contribution in [0.4, 0.5) is 0 Å². The maximum atomic E-state index is 12.0. The quantitative estimate of drug-likeness (QED) is 0.678. The highest BCUT2D eigenvalue weighted by Gasteiger charge is 2.24. The third-order valence-electron chi connectivity index (χ3n) is 3.46. The minimum atomic E-state index is 0.186. The Morgan fingerprint density at radius 1 is 1.50 bits per heavy atom. The van der Waals surface area contributed by atoms with Crippen LogP contribution >= 0.6 is 0 Å². The number of nitrogens with one attached hydrogen (secondary N) is 2. The fourth-order valence-corrected chi connectivity index (χ4v) is 2.24. The fourth-order valence-electron chi connectivity index (χ4n) is 2.24. The van der Waals surface area contributed by atoms with Gasteiger partial charge in [0.15, 0.2) is 0 Å². The molecule has 1 amide bonds. The number of carbonyl (C=O) groups is 1. The van der Waals surface area contributed by atoms with Crippen molar-refractivity contribution >= 4 is 5.91 Å². The minimum absolute atomic E-state index is 0.186. The van der Waals surface area contributed by atoms with E-state index in [4.69, 9.17) is 4.74 Å². The molecule has 0 unspecified atom stereocenters. The maximum Gasteiger partial charge on any atom is 0.223 e. The van der Waals surface area contributed by atoms with Gasteiger partial charge in [0.2, 0.25) is 5.91 Å². The van der Waals surface area contributed by atoms with Crippen LogP contribution in [0, 0.1) is 5.92 Å². The molecule has 1 saturated heterocycles. The predicted octanol–water partition coefficient (Wildman–Crippen LogP) is 0.0689. The maximum absolute atomic E-state index is 12.0. The summed E-state index contributed by atoms with van der Waals surface area (Å²) in [7, 11) is 3.74. The Balaban J connectivity index is 2.12. The zero-order chi connectivity index (χ0) is 13.4. The van der Waals surface area contributed by atoms with E-state index in [0.29, 0.717) is 6.04 Å². The monoisotopic (exact) mass is 257 g/mol. The van der Waals surface area contributed by atoms with Gasteiger partial charge in [-0.15, -0.1) is 0 Å². The SMILES string of the molecule is COCCN(C)CCNC(=O)[C@H]1CCN[C@@H](C)C1. The normalized spacial score (nSPS) is 24.2. The molecule has 0 aromatic carbocycles. The first-order valence-corrected chi connectivity index (χ1v) is 6.82. The van der Waals surface area contributed by atoms with Gasteiger partial charge in [-0.2, -0.15) is 0 Å². The summed E-state index contributed by atoms with van der Waals surface area (Å²) in [6.45, 7) is 6.31. The van der Waals surface area contributed by atoms with E-state index in [0.717, 1.165) is 45.6 Å². The van der Waals surface area contributed by atoms with Crippen LogP contribution in [-0.4, -0.2) is 63.8 Å². The number of carbonyl (C=O) groups excluding carboxylic acids is 1. The molecule has 1 heterocycles. The number of hydrogen-bond donors (Lipinski definition) is 2. The first-order valence-electron chi connectivity index (χ1n) is 6.82. The topological polar surface area (TPSA) is 53.6 Å². The number of piperidine rings is 1. The lowest BCUT2D eigenvalue weighted by molar-refractivity contribution is -0.126. The molecule has 2 N–H and O–H groups in total. The molecule has 0 bridgehead atoms. The molecule has 1 aliphatic heterocycles. The number of methoxy groups -OCH3 is 1. The van der Waals surface area contributed by atoms with Crippen LogP contribution in [0.2, 0.25) is 0 Å². The van der Waals surface area contributed by atoms with Crippen molar-refractivity contribution in [1.82, 2.24) is 15.5 Å². The highest BCUT2D eigenvalue weighted by atomic mass is 16.5. The number of amides is 1. The van der Waals surface area contributed by atoms with Crippen LogP contribution in [-0.2, 0) is 9.53 Å². The van der Waals surface area contributed by atoms with Gasteiger partial charge in [0.1, 0.15) is 0 Å². The lowest BCUT2D eigenvalue weighted by Crippen LogP contribution is -2.44. The summed E-state index contributed by atoms with van der Waals surface area (Å²) in [5, 5.41) is 6.39. The van der Waals surface area contributed by atoms with E-state index >= 15 is 0 Å². The average Bonchev–Trinajstić information content (AvgIpc) is 2.36. The van der Waals surface area contributed by atoms with Crippen LogP contribution in [0.25, 0.3) is 0 Å². The summed E-state index contributed by atoms with van der Waals surface area (Å²) < 4.78 is 5.01. The number of nitrogens with zero attached hydrogens (tertiary/aromatic N) is 1. The van der Waals surface area contributed by atoms with Crippen LogP contribution in [0.3, 0.4) is 0 Å². The summed E-state index contributed by atoms with van der Waals surface area (Å²) >= 11 is 0. The second-order valence-corrected chi connectivity index (χ2v) is 5.16. The highest BCUT2D eigenvalue weighted by Crippen LogP contribution is 2.15. The van der Waals surface area contributed by atoms with Gasteiger partial charge in [0.05, 0.1) is 6.61 Å². The van der Waals surface area contributed by atoms with E-state index in [2.05, 4.69) is 22.5 Å². The molecule has 1 fully saturated rings. The zero-order valence-electron chi connectivity index (χ0n) is 11.9. The fraction of sp³-hybridized carbons (Fsp3) is 0.923. The summed E-state index contributed by atoms with van der Waals surface area (Å²) in [5.41, 5.74) is 0. The molecule has 2 atom stereocenters. The van der Waals surface area contributed by atoms with Crippen molar-refractivity contribution in [1.29, 1.82) is 0 Å². The van der Waals surface area contributed by atoms with Gasteiger partial charge in [0, 0.05) is 38.7 Å².